The van der Waals surface area contributed by atoms with Crippen molar-refractivity contribution >= 4 is 51.1 Å². The number of fused-ring (bicyclic) bond motifs is 3. The summed E-state index contributed by atoms with van der Waals surface area (Å²) in [5.74, 6) is 0.959. The predicted octanol–water partition coefficient (Wildman–Crippen LogP) is 3.59. The molecule has 5 unspecified atom stereocenters. The Hall–Kier alpha value is -0.200. The molecular formula is C16H27BrCl2N2O3. The van der Waals surface area contributed by atoms with Crippen molar-refractivity contribution in [2.45, 2.75) is 50.6 Å². The second kappa shape index (κ2) is 8.95. The third-order valence-electron chi connectivity index (χ3n) is 4.32. The normalized spacial score (nSPS) is 32.0. The molecule has 0 spiro atoms. The number of alkyl halides is 3. The van der Waals surface area contributed by atoms with Crippen LogP contribution in [0.25, 0.3) is 0 Å². The summed E-state index contributed by atoms with van der Waals surface area (Å²) in [6, 6.07) is -0.170. The molecule has 2 heterocycles. The Kier molecular flexibility index (Phi) is 8.14. The fourth-order valence-corrected chi connectivity index (χ4v) is 4.13. The van der Waals surface area contributed by atoms with E-state index in [1.54, 1.807) is 4.90 Å². The van der Waals surface area contributed by atoms with E-state index in [-0.39, 0.29) is 35.8 Å². The van der Waals surface area contributed by atoms with Crippen LogP contribution < -0.4 is 5.73 Å². The zero-order chi connectivity index (χ0) is 18.7. The number of halogens is 3. The fourth-order valence-electron chi connectivity index (χ4n) is 3.43. The lowest BCUT2D eigenvalue weighted by molar-refractivity contribution is -0.131. The number of hydrogen-bond donors (Lipinski definition) is 1. The van der Waals surface area contributed by atoms with Gasteiger partial charge in [-0.25, -0.2) is 4.79 Å². The number of nitrogens with two attached hydrogens (primary N) is 1. The summed E-state index contributed by atoms with van der Waals surface area (Å²) in [4.78, 5) is 26.1. The molecule has 2 saturated heterocycles. The summed E-state index contributed by atoms with van der Waals surface area (Å²) >= 11 is 13.8. The van der Waals surface area contributed by atoms with Gasteiger partial charge in [-0.05, 0) is 39.0 Å². The summed E-state index contributed by atoms with van der Waals surface area (Å²) in [5.41, 5.74) is 4.98. The molecule has 2 aliphatic heterocycles. The molecule has 2 N–H and O–H groups in total. The first kappa shape index (κ1) is 21.8. The van der Waals surface area contributed by atoms with Crippen molar-refractivity contribution in [1.82, 2.24) is 4.90 Å². The highest BCUT2D eigenvalue weighted by molar-refractivity contribution is 9.09. The van der Waals surface area contributed by atoms with Gasteiger partial charge >= 0.3 is 6.09 Å². The largest absolute Gasteiger partial charge is 0.444 e. The Bertz CT molecular complexity index is 455. The maximum Gasteiger partial charge on any atom is 0.410 e. The predicted molar refractivity (Wildman–Crippen MR) is 101 cm³/mol. The molecule has 0 aromatic carbocycles. The van der Waals surface area contributed by atoms with Crippen LogP contribution in [0.1, 0.15) is 34.1 Å². The highest BCUT2D eigenvalue weighted by Gasteiger charge is 2.53. The van der Waals surface area contributed by atoms with Crippen LogP contribution in [0.15, 0.2) is 0 Å². The van der Waals surface area contributed by atoms with Crippen molar-refractivity contribution in [3.05, 3.63) is 0 Å². The van der Waals surface area contributed by atoms with Gasteiger partial charge in [0.05, 0.1) is 12.0 Å². The van der Waals surface area contributed by atoms with E-state index in [1.807, 2.05) is 20.8 Å². The Labute approximate surface area is 162 Å². The monoisotopic (exact) mass is 444 g/mol. The maximum absolute atomic E-state index is 12.4. The lowest BCUT2D eigenvalue weighted by atomic mass is 9.67. The summed E-state index contributed by atoms with van der Waals surface area (Å²) in [6.45, 7) is 8.21. The van der Waals surface area contributed by atoms with Gasteiger partial charge in [0.2, 0.25) is 5.91 Å². The second-order valence-corrected chi connectivity index (χ2v) is 9.12. The van der Waals surface area contributed by atoms with Gasteiger partial charge in [0.15, 0.2) is 0 Å². The summed E-state index contributed by atoms with van der Waals surface area (Å²) < 4.78 is 5.46. The number of ether oxygens (including phenoxy) is 1. The third-order valence-corrected chi connectivity index (χ3v) is 6.47. The van der Waals surface area contributed by atoms with E-state index in [4.69, 9.17) is 33.7 Å². The van der Waals surface area contributed by atoms with Crippen LogP contribution in [0.5, 0.6) is 0 Å². The van der Waals surface area contributed by atoms with Gasteiger partial charge in [-0.2, -0.15) is 0 Å². The minimum absolute atomic E-state index is 0.170. The first-order valence-corrected chi connectivity index (χ1v) is 10.1. The molecule has 0 aromatic rings. The first-order chi connectivity index (χ1) is 11.0. The average Bonchev–Trinajstić information content (AvgIpc) is 2.49. The Morgan fingerprint density at radius 2 is 1.83 bits per heavy atom. The van der Waals surface area contributed by atoms with E-state index in [0.717, 1.165) is 6.42 Å². The van der Waals surface area contributed by atoms with Gasteiger partial charge in [-0.1, -0.05) is 22.9 Å². The Morgan fingerprint density at radius 1 is 1.29 bits per heavy atom. The molecule has 140 valence electrons. The standard InChI is InChI=1S/C14H23BrN2O3.C2H4Cl2/c1-7-10(15)8-5-9(12(16)18)11(7)17(6-8)13(19)20-14(2,3)4;3-1-2-4/h7-11H,5-6H2,1-4H3,(H2,16,18);1-2H2. The van der Waals surface area contributed by atoms with Crippen LogP contribution in [-0.4, -0.2) is 51.7 Å². The quantitative estimate of drug-likeness (QED) is 0.660. The van der Waals surface area contributed by atoms with E-state index in [0.29, 0.717) is 23.1 Å². The lowest BCUT2D eigenvalue weighted by Gasteiger charge is -2.54. The second-order valence-electron chi connectivity index (χ2n) is 7.31. The van der Waals surface area contributed by atoms with Gasteiger partial charge < -0.3 is 15.4 Å². The molecule has 8 heteroatoms. The number of primary amides is 1. The molecule has 2 amide bonds. The SMILES string of the molecule is CC1C(Br)C2CC(C(N)=O)C1N(C(=O)OC(C)(C)C)C2.ClCCCl. The molecule has 3 aliphatic rings. The molecule has 0 aromatic heterocycles. The molecule has 2 bridgehead atoms. The zero-order valence-electron chi connectivity index (χ0n) is 14.6. The number of rotatable bonds is 2. The number of carbonyl (C=O) groups excluding carboxylic acids is 2. The molecule has 3 fully saturated rings. The van der Waals surface area contributed by atoms with Crippen LogP contribution in [0.2, 0.25) is 0 Å². The van der Waals surface area contributed by atoms with Crippen molar-refractivity contribution < 1.29 is 14.3 Å². The van der Waals surface area contributed by atoms with E-state index < -0.39 is 5.60 Å². The number of amides is 2. The van der Waals surface area contributed by atoms with Gasteiger partial charge in [0.1, 0.15) is 5.60 Å². The molecule has 1 aliphatic carbocycles. The molecule has 24 heavy (non-hydrogen) atoms. The molecule has 1 saturated carbocycles. The smallest absolute Gasteiger partial charge is 0.410 e. The minimum Gasteiger partial charge on any atom is -0.444 e. The highest BCUT2D eigenvalue weighted by atomic mass is 79.9. The zero-order valence-corrected chi connectivity index (χ0v) is 17.7. The van der Waals surface area contributed by atoms with Gasteiger partial charge in [-0.15, -0.1) is 23.2 Å². The molecular weight excluding hydrogens is 419 g/mol. The fraction of sp³-hybridized carbons (Fsp3) is 0.875. The van der Waals surface area contributed by atoms with E-state index in [9.17, 15) is 9.59 Å². The highest BCUT2D eigenvalue weighted by Crippen LogP contribution is 2.46. The van der Waals surface area contributed by atoms with Crippen molar-refractivity contribution in [3.63, 3.8) is 0 Å². The first-order valence-electron chi connectivity index (χ1n) is 8.08. The van der Waals surface area contributed by atoms with Crippen LogP contribution in [-0.2, 0) is 9.53 Å². The summed E-state index contributed by atoms with van der Waals surface area (Å²) in [6.07, 6.45) is 0.407. The Morgan fingerprint density at radius 3 is 2.21 bits per heavy atom. The van der Waals surface area contributed by atoms with Gasteiger partial charge in [0, 0.05) is 23.1 Å². The van der Waals surface area contributed by atoms with E-state index in [2.05, 4.69) is 22.9 Å². The maximum atomic E-state index is 12.4. The van der Waals surface area contributed by atoms with E-state index in [1.165, 1.54) is 0 Å². The van der Waals surface area contributed by atoms with Crippen molar-refractivity contribution in [2.75, 3.05) is 18.3 Å². The van der Waals surface area contributed by atoms with Crippen molar-refractivity contribution in [2.24, 2.45) is 23.5 Å². The summed E-state index contributed by atoms with van der Waals surface area (Å²) in [7, 11) is 0. The number of hydrogen-bond acceptors (Lipinski definition) is 3. The summed E-state index contributed by atoms with van der Waals surface area (Å²) in [5, 5.41) is 0. The average molecular weight is 446 g/mol. The third kappa shape index (κ3) is 5.40. The number of carbonyl (C=O) groups is 2. The van der Waals surface area contributed by atoms with Gasteiger partial charge in [-0.3, -0.25) is 4.79 Å². The van der Waals surface area contributed by atoms with Crippen LogP contribution in [0.3, 0.4) is 0 Å². The topological polar surface area (TPSA) is 72.6 Å². The molecule has 5 nitrogen and oxygen atoms in total. The van der Waals surface area contributed by atoms with Crippen LogP contribution in [0, 0.1) is 17.8 Å². The minimum atomic E-state index is -0.535. The lowest BCUT2D eigenvalue weighted by Crippen LogP contribution is -2.65. The molecule has 5 atom stereocenters. The van der Waals surface area contributed by atoms with Crippen molar-refractivity contribution in [3.8, 4) is 0 Å². The Balaban J connectivity index is 0.000000648. The molecule has 0 radical (unpaired) electrons. The van der Waals surface area contributed by atoms with E-state index >= 15 is 0 Å². The van der Waals surface area contributed by atoms with Crippen molar-refractivity contribution in [1.29, 1.82) is 0 Å². The van der Waals surface area contributed by atoms with Crippen LogP contribution >= 0.6 is 39.1 Å². The van der Waals surface area contributed by atoms with Gasteiger partial charge in [0.25, 0.3) is 0 Å². The molecule has 3 rings (SSSR count). The number of nitrogens with zero attached hydrogens (tertiary/aromatic N) is 1. The number of piperidine rings is 2. The van der Waals surface area contributed by atoms with Crippen LogP contribution in [0.4, 0.5) is 4.79 Å².